The van der Waals surface area contributed by atoms with Crippen LogP contribution < -0.4 is 10.1 Å². The monoisotopic (exact) mass is 282 g/mol. The van der Waals surface area contributed by atoms with Crippen LogP contribution >= 0.6 is 0 Å². The number of carbonyl (C=O) groups is 1. The second kappa shape index (κ2) is 7.24. The molecular weight excluding hydrogens is 266 g/mol. The Labute approximate surface area is 123 Å². The first-order valence-corrected chi connectivity index (χ1v) is 6.66. The predicted octanol–water partition coefficient (Wildman–Crippen LogP) is 2.64. The molecule has 1 radical (unpaired) electrons. The summed E-state index contributed by atoms with van der Waals surface area (Å²) in [5.74, 6) is 1.26. The molecule has 2 aromatic carbocycles. The number of rotatable bonds is 6. The van der Waals surface area contributed by atoms with Crippen molar-refractivity contribution in [1.29, 1.82) is 0 Å². The lowest BCUT2D eigenvalue weighted by Gasteiger charge is -2.08. The molecule has 0 aliphatic heterocycles. The Bertz CT molecular complexity index is 593. The van der Waals surface area contributed by atoms with Crippen molar-refractivity contribution in [3.8, 4) is 11.5 Å². The number of hydrogen-bond acceptors (Lipinski definition) is 3. The average Bonchev–Trinajstić information content (AvgIpc) is 2.50. The topological polar surface area (TPSA) is 55.4 Å². The Morgan fingerprint density at radius 3 is 2.33 bits per heavy atom. The highest BCUT2D eigenvalue weighted by molar-refractivity contribution is 5.81. The Balaban J connectivity index is 1.93. The molecule has 0 aliphatic carbocycles. The molecule has 1 N–H and O–H groups in total. The van der Waals surface area contributed by atoms with Crippen LogP contribution in [0.1, 0.15) is 12.5 Å². The van der Waals surface area contributed by atoms with Gasteiger partial charge in [0.15, 0.2) is 0 Å². The number of hydrogen-bond donors (Lipinski definition) is 1. The van der Waals surface area contributed by atoms with Crippen molar-refractivity contribution in [3.05, 3.63) is 60.2 Å². The molecule has 21 heavy (non-hydrogen) atoms. The number of ether oxygens (including phenoxy) is 1. The van der Waals surface area contributed by atoms with Crippen molar-refractivity contribution >= 4 is 12.2 Å². The van der Waals surface area contributed by atoms with E-state index >= 15 is 0 Å². The molecule has 107 valence electrons. The van der Waals surface area contributed by atoms with Crippen LogP contribution in [0.2, 0.25) is 0 Å². The quantitative estimate of drug-likeness (QED) is 0.886. The molecule has 0 saturated carbocycles. The second-order valence-corrected chi connectivity index (χ2v) is 4.64. The van der Waals surface area contributed by atoms with Gasteiger partial charge in [0.2, 0.25) is 12.2 Å². The van der Waals surface area contributed by atoms with Gasteiger partial charge in [-0.2, -0.15) is 0 Å². The summed E-state index contributed by atoms with van der Waals surface area (Å²) in [4.78, 5) is 22.0. The summed E-state index contributed by atoms with van der Waals surface area (Å²) >= 11 is 0. The first-order chi connectivity index (χ1) is 10.2. The molecule has 1 amide bonds. The fourth-order valence-electron chi connectivity index (χ4n) is 1.81. The largest absolute Gasteiger partial charge is 0.457 e. The van der Waals surface area contributed by atoms with Crippen LogP contribution in [0.3, 0.4) is 0 Å². The van der Waals surface area contributed by atoms with Gasteiger partial charge in [-0.3, -0.25) is 9.59 Å². The summed E-state index contributed by atoms with van der Waals surface area (Å²) in [6.07, 6.45) is 1.94. The molecule has 4 heteroatoms. The maximum absolute atomic E-state index is 11.6. The Kier molecular flexibility index (Phi) is 5.10. The van der Waals surface area contributed by atoms with Gasteiger partial charge < -0.3 is 10.1 Å². The lowest BCUT2D eigenvalue weighted by atomic mass is 10.1. The predicted molar refractivity (Wildman–Crippen MR) is 80.0 cm³/mol. The van der Waals surface area contributed by atoms with Gasteiger partial charge in [-0.05, 0) is 36.8 Å². The number of benzene rings is 2. The van der Waals surface area contributed by atoms with E-state index in [4.69, 9.17) is 4.74 Å². The van der Waals surface area contributed by atoms with Gasteiger partial charge in [-0.15, -0.1) is 0 Å². The minimum Gasteiger partial charge on any atom is -0.457 e. The molecule has 0 spiro atoms. The van der Waals surface area contributed by atoms with Crippen molar-refractivity contribution in [2.45, 2.75) is 19.4 Å². The number of amides is 1. The Morgan fingerprint density at radius 1 is 1.10 bits per heavy atom. The molecule has 4 nitrogen and oxygen atoms in total. The molecule has 0 bridgehead atoms. The van der Waals surface area contributed by atoms with Crippen molar-refractivity contribution in [3.63, 3.8) is 0 Å². The molecule has 0 saturated heterocycles. The van der Waals surface area contributed by atoms with Gasteiger partial charge in [0, 0.05) is 0 Å². The van der Waals surface area contributed by atoms with E-state index in [0.717, 1.165) is 11.3 Å². The molecule has 0 heterocycles. The summed E-state index contributed by atoms with van der Waals surface area (Å²) < 4.78 is 5.67. The van der Waals surface area contributed by atoms with Crippen LogP contribution in [-0.2, 0) is 16.0 Å². The number of nitrogens with one attached hydrogen (secondary N) is 1. The van der Waals surface area contributed by atoms with E-state index in [2.05, 4.69) is 5.32 Å². The zero-order valence-electron chi connectivity index (χ0n) is 11.7. The third-order valence-electron chi connectivity index (χ3n) is 2.82. The summed E-state index contributed by atoms with van der Waals surface area (Å²) in [6, 6.07) is 16.2. The molecule has 0 aliphatic rings. The maximum Gasteiger partial charge on any atom is 0.225 e. The van der Waals surface area contributed by atoms with Gasteiger partial charge in [0.05, 0.1) is 12.5 Å². The highest BCUT2D eigenvalue weighted by Crippen LogP contribution is 2.21. The molecule has 2 rings (SSSR count). The van der Waals surface area contributed by atoms with Gasteiger partial charge in [0.25, 0.3) is 0 Å². The Morgan fingerprint density at radius 2 is 1.71 bits per heavy atom. The van der Waals surface area contributed by atoms with Gasteiger partial charge in [-0.25, -0.2) is 0 Å². The minimum atomic E-state index is -0.585. The number of carbonyl (C=O) groups excluding carboxylic acids is 2. The van der Waals surface area contributed by atoms with Crippen LogP contribution in [0.25, 0.3) is 0 Å². The molecular formula is C17H16NO3. The van der Waals surface area contributed by atoms with E-state index < -0.39 is 6.04 Å². The summed E-state index contributed by atoms with van der Waals surface area (Å²) in [5.41, 5.74) is 0.853. The van der Waals surface area contributed by atoms with Crippen LogP contribution in [-0.4, -0.2) is 18.2 Å². The summed E-state index contributed by atoms with van der Waals surface area (Å²) in [6.45, 7) is 1.59. The van der Waals surface area contributed by atoms with Gasteiger partial charge in [-0.1, -0.05) is 30.3 Å². The Hall–Kier alpha value is -2.62. The summed E-state index contributed by atoms with van der Waals surface area (Å²) in [5, 5.41) is 2.54. The first kappa shape index (κ1) is 14.8. The van der Waals surface area contributed by atoms with Crippen LogP contribution in [0.15, 0.2) is 54.6 Å². The van der Waals surface area contributed by atoms with E-state index in [1.165, 1.54) is 0 Å². The average molecular weight is 282 g/mol. The third kappa shape index (κ3) is 4.76. The SMILES string of the molecule is C[C@@H]([C]=O)NC(=O)Cc1ccc(Oc2ccccc2)cc1. The van der Waals surface area contributed by atoms with Crippen LogP contribution in [0.4, 0.5) is 0 Å². The summed E-state index contributed by atoms with van der Waals surface area (Å²) in [7, 11) is 0. The van der Waals surface area contributed by atoms with Crippen molar-refractivity contribution < 1.29 is 14.3 Å². The van der Waals surface area contributed by atoms with E-state index in [1.54, 1.807) is 13.2 Å². The smallest absolute Gasteiger partial charge is 0.225 e. The van der Waals surface area contributed by atoms with Crippen LogP contribution in [0, 0.1) is 0 Å². The number of para-hydroxylation sites is 1. The highest BCUT2D eigenvalue weighted by atomic mass is 16.5. The van der Waals surface area contributed by atoms with E-state index in [1.807, 2.05) is 54.6 Å². The molecule has 0 unspecified atom stereocenters. The molecule has 0 aromatic heterocycles. The lowest BCUT2D eigenvalue weighted by Crippen LogP contribution is -2.34. The third-order valence-corrected chi connectivity index (χ3v) is 2.82. The fraction of sp³-hybridized carbons (Fsp3) is 0.176. The maximum atomic E-state index is 11.6. The molecule has 1 atom stereocenters. The zero-order valence-corrected chi connectivity index (χ0v) is 11.7. The van der Waals surface area contributed by atoms with Crippen molar-refractivity contribution in [1.82, 2.24) is 5.32 Å². The van der Waals surface area contributed by atoms with Crippen molar-refractivity contribution in [2.75, 3.05) is 0 Å². The van der Waals surface area contributed by atoms with Crippen molar-refractivity contribution in [2.24, 2.45) is 0 Å². The highest BCUT2D eigenvalue weighted by Gasteiger charge is 2.07. The standard InChI is InChI=1S/C17H16NO3/c1-13(12-19)18-17(20)11-14-7-9-16(10-8-14)21-15-5-3-2-4-6-15/h2-10,13H,11H2,1H3,(H,18,20)/t13-/m0/s1. The second-order valence-electron chi connectivity index (χ2n) is 4.64. The molecule has 0 fully saturated rings. The minimum absolute atomic E-state index is 0.206. The molecule has 2 aromatic rings. The lowest BCUT2D eigenvalue weighted by molar-refractivity contribution is -0.120. The first-order valence-electron chi connectivity index (χ1n) is 6.66. The van der Waals surface area contributed by atoms with E-state index in [0.29, 0.717) is 5.75 Å². The van der Waals surface area contributed by atoms with E-state index in [9.17, 15) is 9.59 Å². The fourth-order valence-corrected chi connectivity index (χ4v) is 1.81. The van der Waals surface area contributed by atoms with E-state index in [-0.39, 0.29) is 12.3 Å². The van der Waals surface area contributed by atoms with Crippen LogP contribution in [0.5, 0.6) is 11.5 Å². The van der Waals surface area contributed by atoms with Gasteiger partial charge in [0.1, 0.15) is 11.5 Å². The normalized spacial score (nSPS) is 11.5. The zero-order chi connectivity index (χ0) is 15.1. The van der Waals surface area contributed by atoms with Gasteiger partial charge >= 0.3 is 0 Å².